The van der Waals surface area contributed by atoms with E-state index in [4.69, 9.17) is 0 Å². The van der Waals surface area contributed by atoms with Gasteiger partial charge >= 0.3 is 6.18 Å². The van der Waals surface area contributed by atoms with Crippen molar-refractivity contribution in [2.45, 2.75) is 19.0 Å². The largest absolute Gasteiger partial charge is 0.418 e. The highest BCUT2D eigenvalue weighted by atomic mass is 19.4. The van der Waals surface area contributed by atoms with E-state index in [2.05, 4.69) is 0 Å². The maximum atomic E-state index is 13.3. The van der Waals surface area contributed by atoms with Gasteiger partial charge in [-0.05, 0) is 30.2 Å². The molecule has 2 aliphatic rings. The first-order chi connectivity index (χ1) is 12.9. The molecule has 27 heavy (non-hydrogen) atoms. The van der Waals surface area contributed by atoms with Crippen LogP contribution < -0.4 is 9.80 Å². The van der Waals surface area contributed by atoms with Gasteiger partial charge in [-0.1, -0.05) is 30.3 Å². The number of benzene rings is 2. The van der Waals surface area contributed by atoms with Crippen molar-refractivity contribution < 1.29 is 22.8 Å². The summed E-state index contributed by atoms with van der Waals surface area (Å²) in [7, 11) is 0. The topological polar surface area (TPSA) is 40.6 Å². The van der Waals surface area contributed by atoms with Gasteiger partial charge in [-0.15, -0.1) is 0 Å². The maximum absolute atomic E-state index is 13.3. The van der Waals surface area contributed by atoms with E-state index >= 15 is 0 Å². The van der Waals surface area contributed by atoms with Crippen LogP contribution in [0.15, 0.2) is 48.5 Å². The molecule has 4 rings (SSSR count). The van der Waals surface area contributed by atoms with E-state index in [1.54, 1.807) is 4.90 Å². The third kappa shape index (κ3) is 3.07. The maximum Gasteiger partial charge on any atom is 0.418 e. The molecule has 0 radical (unpaired) electrons. The second-order valence-electron chi connectivity index (χ2n) is 6.79. The average molecular weight is 374 g/mol. The molecule has 1 fully saturated rings. The van der Waals surface area contributed by atoms with E-state index < -0.39 is 23.6 Å². The van der Waals surface area contributed by atoms with Crippen molar-refractivity contribution >= 4 is 23.2 Å². The zero-order valence-corrected chi connectivity index (χ0v) is 14.4. The molecule has 0 aliphatic carbocycles. The Kier molecular flexibility index (Phi) is 4.17. The molecule has 2 aliphatic heterocycles. The Morgan fingerprint density at radius 2 is 1.67 bits per heavy atom. The predicted molar refractivity (Wildman–Crippen MR) is 94.4 cm³/mol. The molecule has 1 saturated heterocycles. The Morgan fingerprint density at radius 3 is 2.41 bits per heavy atom. The number of alkyl halides is 3. The van der Waals surface area contributed by atoms with E-state index in [0.29, 0.717) is 6.54 Å². The molecular formula is C20H17F3N2O2. The molecule has 0 spiro atoms. The number of para-hydroxylation sites is 2. The van der Waals surface area contributed by atoms with E-state index in [0.717, 1.165) is 28.6 Å². The number of hydrogen-bond donors (Lipinski definition) is 0. The highest BCUT2D eigenvalue weighted by Gasteiger charge is 2.42. The van der Waals surface area contributed by atoms with Crippen molar-refractivity contribution in [3.05, 3.63) is 59.7 Å². The summed E-state index contributed by atoms with van der Waals surface area (Å²) in [5.74, 6) is -1.32. The standard InChI is InChI=1S/C20H17F3N2O2/c21-20(22,23)15-6-2-4-8-17(15)25-12-14(11-18(25)26)19(27)24-10-9-13-5-1-3-7-16(13)24/h1-8,14H,9-12H2. The molecule has 0 aromatic heterocycles. The summed E-state index contributed by atoms with van der Waals surface area (Å²) in [6.07, 6.45) is -3.90. The number of rotatable bonds is 2. The lowest BCUT2D eigenvalue weighted by Crippen LogP contribution is -2.36. The van der Waals surface area contributed by atoms with Gasteiger partial charge in [0.15, 0.2) is 0 Å². The summed E-state index contributed by atoms with van der Waals surface area (Å²) >= 11 is 0. The molecule has 4 nitrogen and oxygen atoms in total. The normalized spacial score (nSPS) is 19.5. The lowest BCUT2D eigenvalue weighted by molar-refractivity contribution is -0.137. The first-order valence-corrected chi connectivity index (χ1v) is 8.72. The van der Waals surface area contributed by atoms with Crippen LogP contribution in [0.1, 0.15) is 17.5 Å². The van der Waals surface area contributed by atoms with Gasteiger partial charge in [0.25, 0.3) is 0 Å². The minimum atomic E-state index is -4.56. The molecule has 2 heterocycles. The lowest BCUT2D eigenvalue weighted by atomic mass is 10.1. The van der Waals surface area contributed by atoms with Gasteiger partial charge in [-0.2, -0.15) is 13.2 Å². The smallest absolute Gasteiger partial charge is 0.312 e. The number of nitrogens with zero attached hydrogens (tertiary/aromatic N) is 2. The highest BCUT2D eigenvalue weighted by molar-refractivity contribution is 6.05. The Labute approximate surface area is 154 Å². The van der Waals surface area contributed by atoms with Crippen molar-refractivity contribution in [2.24, 2.45) is 5.92 Å². The number of anilines is 2. The van der Waals surface area contributed by atoms with Crippen LogP contribution in [0.2, 0.25) is 0 Å². The van der Waals surface area contributed by atoms with Crippen LogP contribution in [-0.2, 0) is 22.2 Å². The Bertz CT molecular complexity index is 910. The number of halogens is 3. The second-order valence-corrected chi connectivity index (χ2v) is 6.79. The van der Waals surface area contributed by atoms with Gasteiger partial charge in [-0.3, -0.25) is 9.59 Å². The van der Waals surface area contributed by atoms with Crippen molar-refractivity contribution in [1.82, 2.24) is 0 Å². The van der Waals surface area contributed by atoms with Gasteiger partial charge in [0, 0.05) is 25.2 Å². The number of carbonyl (C=O) groups excluding carboxylic acids is 2. The van der Waals surface area contributed by atoms with Crippen LogP contribution in [0.4, 0.5) is 24.5 Å². The average Bonchev–Trinajstić information content (AvgIpc) is 3.24. The van der Waals surface area contributed by atoms with E-state index in [1.165, 1.54) is 18.2 Å². The molecule has 140 valence electrons. The van der Waals surface area contributed by atoms with E-state index in [9.17, 15) is 22.8 Å². The van der Waals surface area contributed by atoms with Crippen molar-refractivity contribution in [3.63, 3.8) is 0 Å². The fourth-order valence-corrected chi connectivity index (χ4v) is 3.84. The SMILES string of the molecule is O=C(C1CC(=O)N(c2ccccc2C(F)(F)F)C1)N1CCc2ccccc21. The molecule has 0 N–H and O–H groups in total. The molecule has 7 heteroatoms. The zero-order valence-electron chi connectivity index (χ0n) is 14.4. The fraction of sp³-hybridized carbons (Fsp3) is 0.300. The molecule has 1 unspecified atom stereocenters. The summed E-state index contributed by atoms with van der Waals surface area (Å²) in [5, 5.41) is 0. The van der Waals surface area contributed by atoms with E-state index in [1.807, 2.05) is 24.3 Å². The van der Waals surface area contributed by atoms with Crippen molar-refractivity contribution in [2.75, 3.05) is 22.9 Å². The predicted octanol–water partition coefficient (Wildman–Crippen LogP) is 3.65. The third-order valence-corrected chi connectivity index (χ3v) is 5.13. The number of fused-ring (bicyclic) bond motifs is 1. The summed E-state index contributed by atoms with van der Waals surface area (Å²) in [4.78, 5) is 28.1. The van der Waals surface area contributed by atoms with Gasteiger partial charge in [-0.25, -0.2) is 0 Å². The van der Waals surface area contributed by atoms with Crippen molar-refractivity contribution in [3.8, 4) is 0 Å². The van der Waals surface area contributed by atoms with Gasteiger partial charge in [0.1, 0.15) is 0 Å². The first kappa shape index (κ1) is 17.6. The number of hydrogen-bond acceptors (Lipinski definition) is 2. The Morgan fingerprint density at radius 1 is 1.00 bits per heavy atom. The summed E-state index contributed by atoms with van der Waals surface area (Å²) < 4.78 is 39.8. The fourth-order valence-electron chi connectivity index (χ4n) is 3.84. The first-order valence-electron chi connectivity index (χ1n) is 8.72. The molecule has 0 bridgehead atoms. The van der Waals surface area contributed by atoms with Gasteiger partial charge in [0.05, 0.1) is 17.2 Å². The second kappa shape index (κ2) is 6.40. The minimum Gasteiger partial charge on any atom is -0.312 e. The molecule has 0 saturated carbocycles. The van der Waals surface area contributed by atoms with Crippen LogP contribution >= 0.6 is 0 Å². The van der Waals surface area contributed by atoms with Crippen LogP contribution in [0.25, 0.3) is 0 Å². The number of carbonyl (C=O) groups is 2. The monoisotopic (exact) mass is 374 g/mol. The third-order valence-electron chi connectivity index (χ3n) is 5.13. The Hall–Kier alpha value is -2.83. The highest BCUT2D eigenvalue weighted by Crippen LogP contribution is 2.39. The zero-order chi connectivity index (χ0) is 19.2. The summed E-state index contributed by atoms with van der Waals surface area (Å²) in [6.45, 7) is 0.492. The van der Waals surface area contributed by atoms with Crippen LogP contribution in [0, 0.1) is 5.92 Å². The molecule has 2 aromatic rings. The molecule has 1 atom stereocenters. The van der Waals surface area contributed by atoms with Crippen LogP contribution in [0.5, 0.6) is 0 Å². The summed E-state index contributed by atoms with van der Waals surface area (Å²) in [5.41, 5.74) is 0.837. The Balaban J connectivity index is 1.58. The minimum absolute atomic E-state index is 0.0383. The lowest BCUT2D eigenvalue weighted by Gasteiger charge is -2.23. The molecule has 2 aromatic carbocycles. The van der Waals surface area contributed by atoms with Gasteiger partial charge in [0.2, 0.25) is 11.8 Å². The van der Waals surface area contributed by atoms with Gasteiger partial charge < -0.3 is 9.80 Å². The van der Waals surface area contributed by atoms with Crippen LogP contribution in [-0.4, -0.2) is 24.9 Å². The molecule has 2 amide bonds. The van der Waals surface area contributed by atoms with Crippen LogP contribution in [0.3, 0.4) is 0 Å². The molecular weight excluding hydrogens is 357 g/mol. The quantitative estimate of drug-likeness (QED) is 0.805. The number of amides is 2. The van der Waals surface area contributed by atoms with Crippen molar-refractivity contribution in [1.29, 1.82) is 0 Å². The summed E-state index contributed by atoms with van der Waals surface area (Å²) in [6, 6.07) is 12.5. The van der Waals surface area contributed by atoms with E-state index in [-0.39, 0.29) is 24.6 Å².